The van der Waals surface area contributed by atoms with Gasteiger partial charge in [-0.1, -0.05) is 61.5 Å². The molecule has 1 N–H and O–H groups in total. The maximum absolute atomic E-state index is 13.9. The Morgan fingerprint density at radius 2 is 1.71 bits per heavy atom. The highest BCUT2D eigenvalue weighted by molar-refractivity contribution is 5.91. The molecule has 34 heavy (non-hydrogen) atoms. The number of benzene rings is 3. The fourth-order valence-corrected chi connectivity index (χ4v) is 4.66. The van der Waals surface area contributed by atoms with E-state index in [1.165, 1.54) is 5.56 Å². The lowest BCUT2D eigenvalue weighted by molar-refractivity contribution is 0.194. The largest absolute Gasteiger partial charge is 0.492 e. The third-order valence-corrected chi connectivity index (χ3v) is 6.36. The summed E-state index contributed by atoms with van der Waals surface area (Å²) in [7, 11) is 0. The number of carbonyl (C=O) groups excluding carboxylic acids is 1. The van der Waals surface area contributed by atoms with Crippen molar-refractivity contribution >= 4 is 11.7 Å². The number of nitrogens with zero attached hydrogens (tertiary/aromatic N) is 2. The molecule has 0 saturated heterocycles. The van der Waals surface area contributed by atoms with Crippen LogP contribution >= 0.6 is 0 Å². The van der Waals surface area contributed by atoms with Gasteiger partial charge in [-0.25, -0.2) is 4.79 Å². The van der Waals surface area contributed by atoms with Gasteiger partial charge in [-0.2, -0.15) is 0 Å². The minimum absolute atomic E-state index is 0.166. The molecule has 1 aliphatic heterocycles. The van der Waals surface area contributed by atoms with Crippen molar-refractivity contribution in [2.45, 2.75) is 32.9 Å². The molecule has 172 valence electrons. The van der Waals surface area contributed by atoms with Gasteiger partial charge in [0.15, 0.2) is 0 Å². The molecule has 0 spiro atoms. The summed E-state index contributed by atoms with van der Waals surface area (Å²) >= 11 is 0. The first-order valence-electron chi connectivity index (χ1n) is 11.8. The first-order chi connectivity index (χ1) is 16.7. The van der Waals surface area contributed by atoms with Crippen LogP contribution in [0.5, 0.6) is 5.75 Å². The number of hydrogen-bond acceptors (Lipinski definition) is 2. The predicted molar refractivity (Wildman–Crippen MR) is 136 cm³/mol. The number of fused-ring (bicyclic) bond motifs is 3. The van der Waals surface area contributed by atoms with Gasteiger partial charge in [0.2, 0.25) is 0 Å². The number of aryl methyl sites for hydroxylation is 1. The van der Waals surface area contributed by atoms with Crippen molar-refractivity contribution in [2.24, 2.45) is 0 Å². The molecule has 0 fully saturated rings. The Hall–Kier alpha value is -3.99. The van der Waals surface area contributed by atoms with Gasteiger partial charge in [-0.3, -0.25) is 0 Å². The molecule has 4 aromatic rings. The summed E-state index contributed by atoms with van der Waals surface area (Å²) in [5.74, 6) is 0.667. The highest BCUT2D eigenvalue weighted by Crippen LogP contribution is 2.37. The van der Waals surface area contributed by atoms with Gasteiger partial charge in [-0.15, -0.1) is 0 Å². The number of carbonyl (C=O) groups is 1. The van der Waals surface area contributed by atoms with Crippen molar-refractivity contribution in [2.75, 3.05) is 11.9 Å². The number of aromatic nitrogens is 1. The summed E-state index contributed by atoms with van der Waals surface area (Å²) in [5.41, 5.74) is 6.28. The van der Waals surface area contributed by atoms with Gasteiger partial charge in [-0.05, 0) is 60.4 Å². The maximum Gasteiger partial charge on any atom is 0.323 e. The van der Waals surface area contributed by atoms with Gasteiger partial charge in [0.05, 0.1) is 30.6 Å². The third-order valence-electron chi connectivity index (χ3n) is 6.36. The topological polar surface area (TPSA) is 46.5 Å². The summed E-state index contributed by atoms with van der Waals surface area (Å²) < 4.78 is 7.95. The molecule has 5 rings (SSSR count). The van der Waals surface area contributed by atoms with Crippen LogP contribution in [0.3, 0.4) is 0 Å². The van der Waals surface area contributed by atoms with Crippen molar-refractivity contribution in [3.8, 4) is 11.4 Å². The van der Waals surface area contributed by atoms with Crippen LogP contribution in [0.4, 0.5) is 10.5 Å². The van der Waals surface area contributed by atoms with E-state index in [0.29, 0.717) is 24.6 Å². The number of ether oxygens (including phenoxy) is 1. The van der Waals surface area contributed by atoms with Gasteiger partial charge in [0.25, 0.3) is 0 Å². The Bertz CT molecular complexity index is 1290. The number of urea groups is 1. The Balaban J connectivity index is 1.60. The summed E-state index contributed by atoms with van der Waals surface area (Å²) in [6.07, 6.45) is 3.05. The summed E-state index contributed by atoms with van der Waals surface area (Å²) in [5, 5.41) is 3.12. The monoisotopic (exact) mass is 451 g/mol. The summed E-state index contributed by atoms with van der Waals surface area (Å²) in [4.78, 5) is 15.8. The molecule has 1 aliphatic rings. The quantitative estimate of drug-likeness (QED) is 0.373. The molecule has 0 saturated carbocycles. The second kappa shape index (κ2) is 9.48. The second-order valence-corrected chi connectivity index (χ2v) is 8.42. The van der Waals surface area contributed by atoms with Crippen molar-refractivity contribution in [3.05, 3.63) is 114 Å². The Kier molecular flexibility index (Phi) is 6.09. The minimum atomic E-state index is -0.243. The average molecular weight is 452 g/mol. The van der Waals surface area contributed by atoms with Crippen LogP contribution in [-0.4, -0.2) is 22.1 Å². The first kappa shape index (κ1) is 21.8. The molecule has 1 unspecified atom stereocenters. The molecule has 0 radical (unpaired) electrons. The van der Waals surface area contributed by atoms with E-state index in [1.807, 2.05) is 54.3 Å². The van der Waals surface area contributed by atoms with E-state index in [9.17, 15) is 4.79 Å². The smallest absolute Gasteiger partial charge is 0.323 e. The van der Waals surface area contributed by atoms with Crippen LogP contribution in [0.15, 0.2) is 91.1 Å². The van der Waals surface area contributed by atoms with E-state index in [-0.39, 0.29) is 12.1 Å². The van der Waals surface area contributed by atoms with Gasteiger partial charge >= 0.3 is 6.03 Å². The molecule has 1 aromatic heterocycles. The molecule has 2 heterocycles. The van der Waals surface area contributed by atoms with Gasteiger partial charge in [0.1, 0.15) is 5.75 Å². The van der Waals surface area contributed by atoms with Crippen molar-refractivity contribution in [1.82, 2.24) is 9.47 Å². The number of anilines is 1. The van der Waals surface area contributed by atoms with Crippen molar-refractivity contribution in [1.29, 1.82) is 0 Å². The van der Waals surface area contributed by atoms with E-state index in [4.69, 9.17) is 4.74 Å². The SMILES string of the molecule is CCOc1ccccc1NC(=O)N1Cc2ccccc2-n2cccc2C1c1ccc(CC)cc1. The van der Waals surface area contributed by atoms with Crippen molar-refractivity contribution < 1.29 is 9.53 Å². The zero-order chi connectivity index (χ0) is 23.5. The molecule has 1 atom stereocenters. The molecular formula is C29H29N3O2. The molecule has 3 aromatic carbocycles. The van der Waals surface area contributed by atoms with Crippen LogP contribution in [0, 0.1) is 0 Å². The number of para-hydroxylation sites is 3. The predicted octanol–water partition coefficient (Wildman–Crippen LogP) is 6.58. The molecule has 2 amide bonds. The number of hydrogen-bond donors (Lipinski definition) is 1. The lowest BCUT2D eigenvalue weighted by atomic mass is 10.00. The van der Waals surface area contributed by atoms with Crippen LogP contribution in [-0.2, 0) is 13.0 Å². The number of amides is 2. The van der Waals surface area contributed by atoms with Crippen molar-refractivity contribution in [3.63, 3.8) is 0 Å². The Labute approximate surface area is 200 Å². The molecular weight excluding hydrogens is 422 g/mol. The average Bonchev–Trinajstić information content (AvgIpc) is 3.30. The standard InChI is InChI=1S/C29H29N3O2/c1-3-21-15-17-22(18-16-21)28-26-13-9-19-31(26)25-12-7-5-10-23(25)20-32(28)29(33)30-24-11-6-8-14-27(24)34-4-2/h5-19,28H,3-4,20H2,1-2H3,(H,30,33). The van der Waals surface area contributed by atoms with Crippen LogP contribution in [0.25, 0.3) is 5.69 Å². The van der Waals surface area contributed by atoms with Crippen LogP contribution < -0.4 is 10.1 Å². The lowest BCUT2D eigenvalue weighted by Gasteiger charge is -2.31. The number of rotatable bonds is 5. The van der Waals surface area contributed by atoms with Gasteiger partial charge < -0.3 is 19.5 Å². The molecule has 5 nitrogen and oxygen atoms in total. The van der Waals surface area contributed by atoms with Crippen LogP contribution in [0.1, 0.15) is 42.3 Å². The van der Waals surface area contributed by atoms with Gasteiger partial charge in [0, 0.05) is 11.9 Å². The molecule has 5 heteroatoms. The van der Waals surface area contributed by atoms with E-state index < -0.39 is 0 Å². The highest BCUT2D eigenvalue weighted by Gasteiger charge is 2.33. The highest BCUT2D eigenvalue weighted by atomic mass is 16.5. The molecule has 0 aliphatic carbocycles. The van der Waals surface area contributed by atoms with E-state index in [2.05, 4.69) is 65.5 Å². The van der Waals surface area contributed by atoms with E-state index in [1.54, 1.807) is 0 Å². The minimum Gasteiger partial charge on any atom is -0.492 e. The second-order valence-electron chi connectivity index (χ2n) is 8.42. The fourth-order valence-electron chi connectivity index (χ4n) is 4.66. The van der Waals surface area contributed by atoms with E-state index >= 15 is 0 Å². The maximum atomic E-state index is 13.9. The number of nitrogens with one attached hydrogen (secondary N) is 1. The van der Waals surface area contributed by atoms with E-state index in [0.717, 1.165) is 28.9 Å². The lowest BCUT2D eigenvalue weighted by Crippen LogP contribution is -2.38. The Morgan fingerprint density at radius 3 is 2.50 bits per heavy atom. The fraction of sp³-hybridized carbons (Fsp3) is 0.207. The third kappa shape index (κ3) is 4.05. The Morgan fingerprint density at radius 1 is 0.941 bits per heavy atom. The first-order valence-corrected chi connectivity index (χ1v) is 11.8. The zero-order valence-electron chi connectivity index (χ0n) is 19.6. The van der Waals surface area contributed by atoms with Crippen LogP contribution in [0.2, 0.25) is 0 Å². The summed E-state index contributed by atoms with van der Waals surface area (Å²) in [6.45, 7) is 5.11. The normalized spacial score (nSPS) is 14.6. The summed E-state index contributed by atoms with van der Waals surface area (Å²) in [6, 6.07) is 28.2. The zero-order valence-corrected chi connectivity index (χ0v) is 19.6. The molecule has 0 bridgehead atoms.